The molecule has 1 aliphatic rings. The van der Waals surface area contributed by atoms with Crippen molar-refractivity contribution in [3.05, 3.63) is 125 Å². The molecule has 0 aliphatic heterocycles. The van der Waals surface area contributed by atoms with Crippen LogP contribution in [0.2, 0.25) is 0 Å². The van der Waals surface area contributed by atoms with Gasteiger partial charge in [-0.2, -0.15) is 0 Å². The van der Waals surface area contributed by atoms with Crippen LogP contribution in [0, 0.1) is 0 Å². The number of aromatic hydroxyl groups is 2. The smallest absolute Gasteiger partial charge is 0.220 e. The summed E-state index contributed by atoms with van der Waals surface area (Å²) in [7, 11) is 2.95. The predicted octanol–water partition coefficient (Wildman–Crippen LogP) is 5.44. The number of hydrogen-bond acceptors (Lipinski definition) is 8. The van der Waals surface area contributed by atoms with Gasteiger partial charge in [0, 0.05) is 41.3 Å². The van der Waals surface area contributed by atoms with Crippen LogP contribution in [0.4, 0.5) is 0 Å². The summed E-state index contributed by atoms with van der Waals surface area (Å²) >= 11 is 0. The van der Waals surface area contributed by atoms with E-state index in [1.54, 1.807) is 25.3 Å². The van der Waals surface area contributed by atoms with E-state index in [9.17, 15) is 24.6 Å². The third-order valence-electron chi connectivity index (χ3n) is 6.19. The zero-order valence-electron chi connectivity index (χ0n) is 21.8. The number of ketones is 2. The van der Waals surface area contributed by atoms with Gasteiger partial charge in [0.2, 0.25) is 5.78 Å². The average molecular weight is 539 g/mol. The zero-order chi connectivity index (χ0) is 28.8. The van der Waals surface area contributed by atoms with E-state index in [1.165, 1.54) is 31.4 Å². The van der Waals surface area contributed by atoms with Gasteiger partial charge in [-0.15, -0.1) is 6.58 Å². The molecule has 8 nitrogen and oxygen atoms in total. The molecule has 0 radical (unpaired) electrons. The molecule has 0 bridgehead atoms. The standard InChI is InChI=1S/C17H16O4.C15H10O4/c1-4-13(11-5-7-12(20-2)8-6-11)14-9-16(19)17(21-3)10-15(14)18;16-10-6-11(17)15-12(18)8-13(19-14(15)7-10)9-4-2-1-3-5-9/h4-10,13H,1H2,2-3H3;1-8,16-17H. The Morgan fingerprint density at radius 3 is 2.17 bits per heavy atom. The molecule has 0 amide bonds. The lowest BCUT2D eigenvalue weighted by Crippen LogP contribution is -2.18. The minimum atomic E-state index is -0.349. The number of fused-ring (bicyclic) bond motifs is 1. The normalized spacial score (nSPS) is 13.4. The monoisotopic (exact) mass is 538 g/mol. The van der Waals surface area contributed by atoms with Crippen molar-refractivity contribution in [2.45, 2.75) is 5.92 Å². The van der Waals surface area contributed by atoms with Crippen molar-refractivity contribution in [1.29, 1.82) is 0 Å². The van der Waals surface area contributed by atoms with Gasteiger partial charge >= 0.3 is 0 Å². The fraction of sp³-hybridized carbons (Fsp3) is 0.0938. The Morgan fingerprint density at radius 2 is 1.55 bits per heavy atom. The van der Waals surface area contributed by atoms with Crippen LogP contribution in [0.15, 0.2) is 118 Å². The van der Waals surface area contributed by atoms with Crippen LogP contribution in [0.1, 0.15) is 11.5 Å². The molecular weight excluding hydrogens is 512 g/mol. The molecule has 8 heteroatoms. The van der Waals surface area contributed by atoms with Gasteiger partial charge < -0.3 is 24.1 Å². The van der Waals surface area contributed by atoms with Gasteiger partial charge in [-0.25, -0.2) is 0 Å². The maximum absolute atomic E-state index is 12.2. The van der Waals surface area contributed by atoms with Gasteiger partial charge in [0.25, 0.3) is 0 Å². The fourth-order valence-corrected chi connectivity index (χ4v) is 4.21. The third kappa shape index (κ3) is 5.86. The molecule has 2 N–H and O–H groups in total. The molecule has 0 saturated heterocycles. The van der Waals surface area contributed by atoms with Gasteiger partial charge in [-0.05, 0) is 23.8 Å². The molecule has 1 atom stereocenters. The highest BCUT2D eigenvalue weighted by molar-refractivity contribution is 6.19. The van der Waals surface area contributed by atoms with Crippen molar-refractivity contribution in [2.24, 2.45) is 0 Å². The summed E-state index contributed by atoms with van der Waals surface area (Å²) in [5.74, 6) is -0.170. The highest BCUT2D eigenvalue weighted by Gasteiger charge is 2.26. The first kappa shape index (κ1) is 27.7. The molecule has 3 aromatic carbocycles. The molecule has 202 valence electrons. The highest BCUT2D eigenvalue weighted by Crippen LogP contribution is 2.31. The number of carbonyl (C=O) groups excluding carboxylic acids is 2. The van der Waals surface area contributed by atoms with Crippen LogP contribution in [0.5, 0.6) is 17.2 Å². The van der Waals surface area contributed by atoms with E-state index in [1.807, 2.05) is 42.5 Å². The molecule has 5 rings (SSSR count). The van der Waals surface area contributed by atoms with Gasteiger partial charge in [-0.1, -0.05) is 48.5 Å². The molecule has 4 aromatic rings. The van der Waals surface area contributed by atoms with Gasteiger partial charge in [0.15, 0.2) is 17.0 Å². The average Bonchev–Trinajstić information content (AvgIpc) is 2.95. The van der Waals surface area contributed by atoms with E-state index in [0.717, 1.165) is 22.9 Å². The zero-order valence-corrected chi connectivity index (χ0v) is 21.8. The number of phenols is 2. The minimum absolute atomic E-state index is 0.0568. The van der Waals surface area contributed by atoms with Crippen molar-refractivity contribution >= 4 is 22.5 Å². The molecule has 1 heterocycles. The maximum Gasteiger partial charge on any atom is 0.220 e. The summed E-state index contributed by atoms with van der Waals surface area (Å²) in [5.41, 5.74) is 1.82. The second-order valence-electron chi connectivity index (χ2n) is 8.71. The molecule has 1 unspecified atom stereocenters. The molecule has 1 aliphatic carbocycles. The Balaban J connectivity index is 0.000000186. The van der Waals surface area contributed by atoms with E-state index < -0.39 is 0 Å². The predicted molar refractivity (Wildman–Crippen MR) is 150 cm³/mol. The van der Waals surface area contributed by atoms with E-state index in [2.05, 4.69) is 6.58 Å². The largest absolute Gasteiger partial charge is 0.508 e. The lowest BCUT2D eigenvalue weighted by atomic mass is 9.85. The molecule has 40 heavy (non-hydrogen) atoms. The van der Waals surface area contributed by atoms with E-state index in [0.29, 0.717) is 11.3 Å². The van der Waals surface area contributed by atoms with Crippen LogP contribution >= 0.6 is 0 Å². The molecule has 0 fully saturated rings. The summed E-state index contributed by atoms with van der Waals surface area (Å²) in [4.78, 5) is 36.0. The van der Waals surface area contributed by atoms with Crippen molar-refractivity contribution in [3.63, 3.8) is 0 Å². The van der Waals surface area contributed by atoms with E-state index in [4.69, 9.17) is 13.9 Å². The van der Waals surface area contributed by atoms with Crippen molar-refractivity contribution in [3.8, 4) is 28.6 Å². The number of phenolic OH excluding ortho intramolecular Hbond substituents is 2. The lowest BCUT2D eigenvalue weighted by molar-refractivity contribution is -0.117. The first-order chi connectivity index (χ1) is 19.2. The van der Waals surface area contributed by atoms with Gasteiger partial charge in [-0.3, -0.25) is 14.4 Å². The first-order valence-corrected chi connectivity index (χ1v) is 12.1. The SMILES string of the molecule is C=CC(C1=CC(=O)C(OC)=CC1=O)c1ccc(OC)cc1.O=c1cc(-c2ccccc2)oc2cc(O)cc(O)c12. The summed E-state index contributed by atoms with van der Waals surface area (Å²) in [6.45, 7) is 3.77. The number of allylic oxidation sites excluding steroid dienone is 4. The van der Waals surface area contributed by atoms with Crippen molar-refractivity contribution in [2.75, 3.05) is 14.2 Å². The summed E-state index contributed by atoms with van der Waals surface area (Å²) in [6, 6.07) is 20.2. The number of ether oxygens (including phenoxy) is 2. The lowest BCUT2D eigenvalue weighted by Gasteiger charge is -2.18. The van der Waals surface area contributed by atoms with Crippen LogP contribution < -0.4 is 10.2 Å². The van der Waals surface area contributed by atoms with Crippen molar-refractivity contribution < 1.29 is 33.7 Å². The summed E-state index contributed by atoms with van der Waals surface area (Å²) in [5, 5.41) is 19.2. The molecular formula is C32H26O8. The first-order valence-electron chi connectivity index (χ1n) is 12.1. The van der Waals surface area contributed by atoms with Crippen LogP contribution in [-0.2, 0) is 14.3 Å². The van der Waals surface area contributed by atoms with Gasteiger partial charge in [0.1, 0.15) is 34.0 Å². The maximum atomic E-state index is 12.2. The Bertz CT molecular complexity index is 1690. The van der Waals surface area contributed by atoms with Crippen molar-refractivity contribution in [1.82, 2.24) is 0 Å². The number of benzene rings is 3. The number of rotatable bonds is 6. The second kappa shape index (κ2) is 12.0. The Labute approximate surface area is 229 Å². The highest BCUT2D eigenvalue weighted by atomic mass is 16.5. The summed E-state index contributed by atoms with van der Waals surface area (Å²) in [6.07, 6.45) is 4.18. The number of methoxy groups -OCH3 is 2. The van der Waals surface area contributed by atoms with Crippen LogP contribution in [-0.4, -0.2) is 36.0 Å². The number of hydrogen-bond donors (Lipinski definition) is 2. The Hall–Kier alpha value is -5.37. The number of carbonyl (C=O) groups is 2. The van der Waals surface area contributed by atoms with Gasteiger partial charge in [0.05, 0.1) is 14.2 Å². The molecule has 0 saturated carbocycles. The van der Waals surface area contributed by atoms with E-state index in [-0.39, 0.29) is 51.1 Å². The minimum Gasteiger partial charge on any atom is -0.508 e. The molecule has 1 aromatic heterocycles. The summed E-state index contributed by atoms with van der Waals surface area (Å²) < 4.78 is 15.6. The van der Waals surface area contributed by atoms with Crippen LogP contribution in [0.25, 0.3) is 22.3 Å². The quantitative estimate of drug-likeness (QED) is 0.246. The van der Waals surface area contributed by atoms with E-state index >= 15 is 0 Å². The second-order valence-corrected chi connectivity index (χ2v) is 8.71. The fourth-order valence-electron chi connectivity index (χ4n) is 4.21. The Kier molecular flexibility index (Phi) is 8.30. The topological polar surface area (TPSA) is 123 Å². The molecule has 0 spiro atoms. The van der Waals surface area contributed by atoms with Crippen LogP contribution in [0.3, 0.4) is 0 Å². The third-order valence-corrected chi connectivity index (χ3v) is 6.19. The Morgan fingerprint density at radius 1 is 0.850 bits per heavy atom.